The molecule has 0 spiro atoms. The highest BCUT2D eigenvalue weighted by atomic mass is 35.5. The second kappa shape index (κ2) is 12.8. The van der Waals surface area contributed by atoms with Gasteiger partial charge < -0.3 is 19.3 Å². The van der Waals surface area contributed by atoms with E-state index >= 15 is 0 Å². The Balaban J connectivity index is 0.991. The van der Waals surface area contributed by atoms with E-state index in [1.807, 2.05) is 38.1 Å². The van der Waals surface area contributed by atoms with Gasteiger partial charge in [-0.3, -0.25) is 0 Å². The molecule has 2 aromatic heterocycles. The highest BCUT2D eigenvalue weighted by molar-refractivity contribution is 6.35. The molecule has 2 aromatic carbocycles. The van der Waals surface area contributed by atoms with Crippen LogP contribution in [-0.2, 0) is 10.3 Å². The number of halogens is 2. The molecule has 4 heterocycles. The molecule has 0 amide bonds. The molecule has 44 heavy (non-hydrogen) atoms. The highest BCUT2D eigenvalue weighted by Gasteiger charge is 2.39. The van der Waals surface area contributed by atoms with E-state index in [1.54, 1.807) is 18.5 Å². The van der Waals surface area contributed by atoms with Crippen molar-refractivity contribution < 1.29 is 9.47 Å². The number of anilines is 2. The lowest BCUT2D eigenvalue weighted by molar-refractivity contribution is 0.0150. The monoisotopic (exact) mass is 637 g/mol. The van der Waals surface area contributed by atoms with Crippen molar-refractivity contribution >= 4 is 34.7 Å². The number of piperazine rings is 1. The van der Waals surface area contributed by atoms with E-state index in [9.17, 15) is 4.79 Å². The summed E-state index contributed by atoms with van der Waals surface area (Å²) in [6.07, 6.45) is 6.52. The second-order valence-corrected chi connectivity index (χ2v) is 12.6. The number of hydrogen-bond donors (Lipinski definition) is 0. The van der Waals surface area contributed by atoms with Gasteiger partial charge in [0.05, 0.1) is 37.3 Å². The van der Waals surface area contributed by atoms with Gasteiger partial charge in [-0.25, -0.2) is 24.0 Å². The van der Waals surface area contributed by atoms with E-state index in [0.717, 1.165) is 61.8 Å². The fraction of sp³-hybridized carbons (Fsp3) is 0.438. The Kier molecular flexibility index (Phi) is 8.84. The normalized spacial score (nSPS) is 21.1. The van der Waals surface area contributed by atoms with Crippen LogP contribution in [0.15, 0.2) is 66.0 Å². The number of nitrogens with zero attached hydrogens (tertiary/aromatic N) is 7. The largest absolute Gasteiger partial charge is 0.493 e. The maximum Gasteiger partial charge on any atom is 0.351 e. The summed E-state index contributed by atoms with van der Waals surface area (Å²) >= 11 is 12.5. The molecule has 0 N–H and O–H groups in total. The lowest BCUT2D eigenvalue weighted by Crippen LogP contribution is -2.46. The molecule has 3 atom stereocenters. The zero-order chi connectivity index (χ0) is 30.8. The molecule has 0 radical (unpaired) electrons. The number of aromatic nitrogens is 5. The predicted octanol–water partition coefficient (Wildman–Crippen LogP) is 5.76. The Morgan fingerprint density at radius 3 is 2.41 bits per heavy atom. The van der Waals surface area contributed by atoms with E-state index in [2.05, 4.69) is 43.9 Å². The molecule has 10 nitrogen and oxygen atoms in total. The fourth-order valence-corrected chi connectivity index (χ4v) is 6.50. The lowest BCUT2D eigenvalue weighted by atomic mass is 9.89. The van der Waals surface area contributed by atoms with Crippen molar-refractivity contribution in [3.8, 4) is 11.6 Å². The van der Waals surface area contributed by atoms with Crippen molar-refractivity contribution in [1.82, 2.24) is 24.3 Å². The summed E-state index contributed by atoms with van der Waals surface area (Å²) < 4.78 is 15.3. The van der Waals surface area contributed by atoms with Gasteiger partial charge in [-0.15, -0.1) is 0 Å². The molecule has 0 unspecified atom stereocenters. The van der Waals surface area contributed by atoms with Crippen molar-refractivity contribution in [2.45, 2.75) is 45.3 Å². The van der Waals surface area contributed by atoms with Gasteiger partial charge in [0, 0.05) is 53.4 Å². The smallest absolute Gasteiger partial charge is 0.351 e. The van der Waals surface area contributed by atoms with Crippen molar-refractivity contribution in [2.24, 2.45) is 5.92 Å². The summed E-state index contributed by atoms with van der Waals surface area (Å²) in [5.74, 6) is 2.37. The molecular weight excluding hydrogens is 601 g/mol. The first kappa shape index (κ1) is 30.4. The molecule has 2 aliphatic rings. The van der Waals surface area contributed by atoms with Crippen LogP contribution >= 0.6 is 23.2 Å². The van der Waals surface area contributed by atoms with Crippen LogP contribution in [0, 0.1) is 5.92 Å². The van der Waals surface area contributed by atoms with Crippen LogP contribution in [-0.4, -0.2) is 63.7 Å². The molecular formula is C32H37Cl2N7O3. The van der Waals surface area contributed by atoms with Gasteiger partial charge in [-0.05, 0) is 63.1 Å². The van der Waals surface area contributed by atoms with Crippen LogP contribution in [0.5, 0.6) is 5.75 Å². The van der Waals surface area contributed by atoms with Gasteiger partial charge in [-0.2, -0.15) is 5.10 Å². The highest BCUT2D eigenvalue weighted by Crippen LogP contribution is 2.42. The van der Waals surface area contributed by atoms with E-state index in [4.69, 9.17) is 32.7 Å². The third-order valence-electron chi connectivity index (χ3n) is 8.68. The van der Waals surface area contributed by atoms with Crippen LogP contribution < -0.4 is 20.2 Å². The summed E-state index contributed by atoms with van der Waals surface area (Å²) in [7, 11) is 0. The van der Waals surface area contributed by atoms with Crippen LogP contribution in [0.1, 0.15) is 45.2 Å². The second-order valence-electron chi connectivity index (χ2n) is 11.7. The molecule has 2 aliphatic heterocycles. The fourth-order valence-electron chi connectivity index (χ4n) is 5.90. The molecule has 4 aromatic rings. The molecule has 2 fully saturated rings. The summed E-state index contributed by atoms with van der Waals surface area (Å²) in [5, 5.41) is 5.47. The number of rotatable bonds is 9. The van der Waals surface area contributed by atoms with Crippen LogP contribution in [0.25, 0.3) is 5.82 Å². The lowest BCUT2D eigenvalue weighted by Gasteiger charge is -2.36. The average Bonchev–Trinajstić information content (AvgIpc) is 3.62. The first-order valence-electron chi connectivity index (χ1n) is 15.0. The molecule has 6 rings (SSSR count). The molecule has 0 bridgehead atoms. The van der Waals surface area contributed by atoms with E-state index in [-0.39, 0.29) is 17.6 Å². The maximum absolute atomic E-state index is 12.7. The van der Waals surface area contributed by atoms with Gasteiger partial charge >= 0.3 is 5.69 Å². The molecule has 0 saturated carbocycles. The predicted molar refractivity (Wildman–Crippen MR) is 173 cm³/mol. The van der Waals surface area contributed by atoms with Crippen molar-refractivity contribution in [3.63, 3.8) is 0 Å². The molecule has 0 aliphatic carbocycles. The molecule has 232 valence electrons. The van der Waals surface area contributed by atoms with Crippen molar-refractivity contribution in [3.05, 3.63) is 87.3 Å². The maximum atomic E-state index is 12.7. The van der Waals surface area contributed by atoms with E-state index in [1.165, 1.54) is 15.6 Å². The molecule has 2 saturated heterocycles. The topological polar surface area (TPSA) is 90.5 Å². The van der Waals surface area contributed by atoms with Gasteiger partial charge in [0.2, 0.25) is 0 Å². The van der Waals surface area contributed by atoms with Crippen LogP contribution in [0.3, 0.4) is 0 Å². The quantitative estimate of drug-likeness (QED) is 0.229. The summed E-state index contributed by atoms with van der Waals surface area (Å²) in [5.41, 5.74) is 1.46. The Morgan fingerprint density at radius 2 is 1.73 bits per heavy atom. The summed E-state index contributed by atoms with van der Waals surface area (Å²) in [6.45, 7) is 10.6. The zero-order valence-electron chi connectivity index (χ0n) is 25.2. The number of benzene rings is 2. The van der Waals surface area contributed by atoms with Gasteiger partial charge in [-0.1, -0.05) is 36.2 Å². The molecule has 12 heteroatoms. The summed E-state index contributed by atoms with van der Waals surface area (Å²) in [6, 6.07) is 13.9. The Bertz CT molecular complexity index is 1640. The number of hydrogen-bond acceptors (Lipinski definition) is 8. The van der Waals surface area contributed by atoms with Crippen molar-refractivity contribution in [1.29, 1.82) is 0 Å². The minimum atomic E-state index is -0.452. The Morgan fingerprint density at radius 1 is 1.02 bits per heavy atom. The number of ether oxygens (including phenoxy) is 2. The Labute approximate surface area is 267 Å². The van der Waals surface area contributed by atoms with E-state index in [0.29, 0.717) is 29.1 Å². The minimum Gasteiger partial charge on any atom is -0.493 e. The zero-order valence-corrected chi connectivity index (χ0v) is 26.7. The van der Waals surface area contributed by atoms with E-state index < -0.39 is 5.60 Å². The third-order valence-corrected chi connectivity index (χ3v) is 9.23. The third kappa shape index (κ3) is 6.29. The minimum absolute atomic E-state index is 0.0293. The van der Waals surface area contributed by atoms with Gasteiger partial charge in [0.25, 0.3) is 0 Å². The van der Waals surface area contributed by atoms with Crippen LogP contribution in [0.4, 0.5) is 11.5 Å². The standard InChI is InChI=1S/C32H37Cl2N7O3/c1-4-22(2)41-31(42)40(21-37-41)30-18-35-29(17-36-30)39-13-11-38(12-14-39)25-6-8-26(9-7-25)43-19-23-16-32(3,44-20-23)27-10-5-24(33)15-28(27)34/h5-10,15,17-18,21-23H,4,11-14,16,19-20H2,1-3H3/t22-,23-,32-/m1/s1. The first-order chi connectivity index (χ1) is 21.2. The summed E-state index contributed by atoms with van der Waals surface area (Å²) in [4.78, 5) is 26.4. The average molecular weight is 639 g/mol. The Hall–Kier alpha value is -3.60. The van der Waals surface area contributed by atoms with Crippen molar-refractivity contribution in [2.75, 3.05) is 49.2 Å². The first-order valence-corrected chi connectivity index (χ1v) is 15.8. The SMILES string of the molecule is CC[C@@H](C)n1ncn(-c2cnc(N3CCN(c4ccc(OC[C@@H]5CO[C@@](C)(c6ccc(Cl)cc6Cl)C5)cc4)CC3)cn2)c1=O. The van der Waals surface area contributed by atoms with Crippen LogP contribution in [0.2, 0.25) is 10.0 Å². The van der Waals surface area contributed by atoms with Gasteiger partial charge in [0.15, 0.2) is 5.82 Å². The van der Waals surface area contributed by atoms with Gasteiger partial charge in [0.1, 0.15) is 17.9 Å².